The summed E-state index contributed by atoms with van der Waals surface area (Å²) in [6.07, 6.45) is 5.53. The number of piperidine rings is 1. The van der Waals surface area contributed by atoms with E-state index in [0.29, 0.717) is 5.11 Å². The van der Waals surface area contributed by atoms with E-state index in [2.05, 4.69) is 20.4 Å². The first-order chi connectivity index (χ1) is 7.77. The molecule has 1 saturated heterocycles. The molecule has 7 heteroatoms. The molecule has 1 aliphatic heterocycles. The Kier molecular flexibility index (Phi) is 5.99. The fourth-order valence-electron chi connectivity index (χ4n) is 2.10. The molecular formula is C10H18LiN5S. The fourth-order valence-corrected chi connectivity index (χ4v) is 2.21. The monoisotopic (exact) mass is 247 g/mol. The van der Waals surface area contributed by atoms with Gasteiger partial charge in [-0.3, -0.25) is 10.00 Å². The minimum atomic E-state index is 0. The molecule has 0 aliphatic carbocycles. The predicted octanol–water partition coefficient (Wildman–Crippen LogP) is -2.16. The zero-order valence-corrected chi connectivity index (χ0v) is 11.0. The molecule has 0 bridgehead atoms. The summed E-state index contributed by atoms with van der Waals surface area (Å²) in [7, 11) is 0. The second-order valence-corrected chi connectivity index (χ2v) is 4.46. The third-order valence-corrected chi connectivity index (χ3v) is 2.97. The number of aromatic amines is 1. The van der Waals surface area contributed by atoms with Gasteiger partial charge in [-0.1, -0.05) is 6.42 Å². The molecule has 1 aliphatic rings. The smallest absolute Gasteiger partial charge is 1.00 e. The van der Waals surface area contributed by atoms with Crippen molar-refractivity contribution in [3.8, 4) is 0 Å². The molecule has 1 aromatic heterocycles. The van der Waals surface area contributed by atoms with Crippen LogP contribution in [0.3, 0.4) is 0 Å². The topological polar surface area (TPSA) is 70.0 Å². The molecule has 1 fully saturated rings. The van der Waals surface area contributed by atoms with Gasteiger partial charge in [0.05, 0.1) is 5.69 Å². The molecule has 0 aromatic carbocycles. The van der Waals surface area contributed by atoms with Crippen molar-refractivity contribution in [3.05, 3.63) is 18.0 Å². The maximum atomic E-state index is 5.57. The van der Waals surface area contributed by atoms with E-state index >= 15 is 0 Å². The number of H-pyrrole nitrogens is 1. The van der Waals surface area contributed by atoms with E-state index in [1.807, 2.05) is 6.07 Å². The quantitative estimate of drug-likeness (QED) is 0.419. The van der Waals surface area contributed by atoms with Crippen molar-refractivity contribution in [3.63, 3.8) is 0 Å². The Labute approximate surface area is 120 Å². The summed E-state index contributed by atoms with van der Waals surface area (Å²) in [5.41, 5.74) is 6.57. The van der Waals surface area contributed by atoms with Gasteiger partial charge in [-0.25, -0.2) is 0 Å². The minimum absolute atomic E-state index is 0. The number of nitrogens with zero attached hydrogens (tertiary/aromatic N) is 2. The van der Waals surface area contributed by atoms with E-state index in [4.69, 9.17) is 18.0 Å². The van der Waals surface area contributed by atoms with Gasteiger partial charge in [-0.05, 0) is 31.1 Å². The average Bonchev–Trinajstić information content (AvgIpc) is 2.80. The number of hydrogen-bond acceptors (Lipinski definition) is 3. The van der Waals surface area contributed by atoms with Crippen molar-refractivity contribution in [2.45, 2.75) is 25.4 Å². The third kappa shape index (κ3) is 4.00. The van der Waals surface area contributed by atoms with E-state index in [0.717, 1.165) is 18.8 Å². The van der Waals surface area contributed by atoms with Crippen LogP contribution in [0.2, 0.25) is 0 Å². The molecule has 0 saturated carbocycles. The number of aromatic nitrogens is 2. The fraction of sp³-hybridized carbons (Fsp3) is 0.600. The van der Waals surface area contributed by atoms with Crippen LogP contribution in [0.25, 0.3) is 0 Å². The van der Waals surface area contributed by atoms with Crippen molar-refractivity contribution in [2.75, 3.05) is 13.1 Å². The van der Waals surface area contributed by atoms with E-state index in [-0.39, 0.29) is 26.5 Å². The maximum Gasteiger partial charge on any atom is 1.00 e. The SMILES string of the molecule is NC(=S)NC(c1ccn[nH]1)N1CCCCC1.[H-].[Li+]. The van der Waals surface area contributed by atoms with Crippen molar-refractivity contribution >= 4 is 17.3 Å². The van der Waals surface area contributed by atoms with Gasteiger partial charge in [-0.15, -0.1) is 0 Å². The Hall–Kier alpha value is -0.543. The Morgan fingerprint density at radius 2 is 2.24 bits per heavy atom. The third-order valence-electron chi connectivity index (χ3n) is 2.85. The van der Waals surface area contributed by atoms with Crippen LogP contribution in [0.15, 0.2) is 12.3 Å². The van der Waals surface area contributed by atoms with Gasteiger partial charge in [0.2, 0.25) is 0 Å². The molecule has 4 N–H and O–H groups in total. The normalized spacial score (nSPS) is 18.1. The Bertz CT molecular complexity index is 342. The van der Waals surface area contributed by atoms with Crippen LogP contribution in [-0.4, -0.2) is 33.3 Å². The summed E-state index contributed by atoms with van der Waals surface area (Å²) < 4.78 is 0. The summed E-state index contributed by atoms with van der Waals surface area (Å²) in [4.78, 5) is 2.34. The first-order valence-electron chi connectivity index (χ1n) is 5.56. The van der Waals surface area contributed by atoms with Crippen molar-refractivity contribution in [1.29, 1.82) is 0 Å². The average molecular weight is 247 g/mol. The second-order valence-electron chi connectivity index (χ2n) is 4.02. The van der Waals surface area contributed by atoms with Crippen LogP contribution in [-0.2, 0) is 0 Å². The zero-order chi connectivity index (χ0) is 11.4. The molecule has 1 atom stereocenters. The van der Waals surface area contributed by atoms with Crippen LogP contribution in [0, 0.1) is 0 Å². The molecule has 0 radical (unpaired) electrons. The summed E-state index contributed by atoms with van der Waals surface area (Å²) in [6, 6.07) is 1.95. The van der Waals surface area contributed by atoms with Crippen LogP contribution in [0.1, 0.15) is 32.5 Å². The molecule has 1 unspecified atom stereocenters. The van der Waals surface area contributed by atoms with Crippen molar-refractivity contribution < 1.29 is 20.3 Å². The molecule has 17 heavy (non-hydrogen) atoms. The van der Waals surface area contributed by atoms with E-state index in [1.165, 1.54) is 19.3 Å². The standard InChI is InChI=1S/C10H17N5S.Li.H/c11-10(16)13-9(8-4-5-12-14-8)15-6-2-1-3-7-15;;/h4-5,9H,1-3,6-7H2,(H,12,14)(H3,11,13,16);;/q;+1;-1. The van der Waals surface area contributed by atoms with Gasteiger partial charge in [-0.2, -0.15) is 5.10 Å². The van der Waals surface area contributed by atoms with Crippen LogP contribution in [0.4, 0.5) is 0 Å². The zero-order valence-electron chi connectivity index (χ0n) is 11.1. The van der Waals surface area contributed by atoms with Gasteiger partial charge in [0, 0.05) is 19.3 Å². The van der Waals surface area contributed by atoms with Crippen LogP contribution >= 0.6 is 12.2 Å². The molecule has 2 heterocycles. The molecule has 2 rings (SSSR count). The molecule has 0 amide bonds. The van der Waals surface area contributed by atoms with Crippen molar-refractivity contribution in [2.24, 2.45) is 5.73 Å². The van der Waals surface area contributed by atoms with Crippen LogP contribution in [0.5, 0.6) is 0 Å². The van der Waals surface area contributed by atoms with Gasteiger partial charge >= 0.3 is 18.9 Å². The Balaban J connectivity index is 0.00000144. The molecule has 1 aromatic rings. The molecule has 90 valence electrons. The van der Waals surface area contributed by atoms with Gasteiger partial charge in [0.25, 0.3) is 0 Å². The van der Waals surface area contributed by atoms with Crippen LogP contribution < -0.4 is 29.9 Å². The minimum Gasteiger partial charge on any atom is -1.00 e. The van der Waals surface area contributed by atoms with E-state index < -0.39 is 0 Å². The predicted molar refractivity (Wildman–Crippen MR) is 67.8 cm³/mol. The van der Waals surface area contributed by atoms with Crippen molar-refractivity contribution in [1.82, 2.24) is 20.4 Å². The first-order valence-corrected chi connectivity index (χ1v) is 5.97. The van der Waals surface area contributed by atoms with E-state index in [9.17, 15) is 0 Å². The number of nitrogens with one attached hydrogen (secondary N) is 2. The van der Waals surface area contributed by atoms with Gasteiger partial charge in [0.15, 0.2) is 5.11 Å². The van der Waals surface area contributed by atoms with Gasteiger partial charge < -0.3 is 12.5 Å². The molecule has 0 spiro atoms. The largest absolute Gasteiger partial charge is 1.00 e. The summed E-state index contributed by atoms with van der Waals surface area (Å²) in [5, 5.41) is 10.4. The summed E-state index contributed by atoms with van der Waals surface area (Å²) in [5.74, 6) is 0. The molecular weight excluding hydrogens is 229 g/mol. The summed E-state index contributed by atoms with van der Waals surface area (Å²) >= 11 is 4.92. The summed E-state index contributed by atoms with van der Waals surface area (Å²) in [6.45, 7) is 2.14. The number of nitrogens with two attached hydrogens (primary N) is 1. The number of hydrogen-bond donors (Lipinski definition) is 3. The number of thiocarbonyl (C=S) groups is 1. The maximum absolute atomic E-state index is 5.57. The molecule has 5 nitrogen and oxygen atoms in total. The first kappa shape index (κ1) is 14.5. The number of likely N-dealkylation sites (tertiary alicyclic amines) is 1. The van der Waals surface area contributed by atoms with E-state index in [1.54, 1.807) is 6.20 Å². The Morgan fingerprint density at radius 3 is 2.76 bits per heavy atom. The van der Waals surface area contributed by atoms with Gasteiger partial charge in [0.1, 0.15) is 6.17 Å². The number of rotatable bonds is 3. The second kappa shape index (κ2) is 7.02. The Morgan fingerprint density at radius 1 is 1.53 bits per heavy atom.